The molecule has 0 fully saturated rings. The van der Waals surface area contributed by atoms with E-state index in [0.717, 1.165) is 0 Å². The van der Waals surface area contributed by atoms with Gasteiger partial charge in [-0.15, -0.1) is 0 Å². The highest BCUT2D eigenvalue weighted by molar-refractivity contribution is 5.94. The highest BCUT2D eigenvalue weighted by atomic mass is 19.1. The fourth-order valence-corrected chi connectivity index (χ4v) is 1.67. The van der Waals surface area contributed by atoms with Gasteiger partial charge in [0, 0.05) is 17.7 Å². The smallest absolute Gasteiger partial charge is 0.251 e. The molecule has 0 saturated heterocycles. The van der Waals surface area contributed by atoms with Crippen LogP contribution in [0.15, 0.2) is 42.5 Å². The van der Waals surface area contributed by atoms with Crippen LogP contribution in [0.4, 0.5) is 4.39 Å². The Morgan fingerprint density at radius 3 is 2.68 bits per heavy atom. The standard InChI is InChI=1S/C15H14FNO2/c1-10-6-7-11(8-13(10)16)15(19)17-9-12-4-2-3-5-14(12)18/h2-8,18H,9H2,1H3,(H,17,19). The van der Waals surface area contributed by atoms with Crippen LogP contribution in [0.25, 0.3) is 0 Å². The minimum Gasteiger partial charge on any atom is -0.508 e. The molecule has 4 heteroatoms. The van der Waals surface area contributed by atoms with E-state index in [1.54, 1.807) is 43.3 Å². The third-order valence-corrected chi connectivity index (χ3v) is 2.87. The Morgan fingerprint density at radius 2 is 2.00 bits per heavy atom. The van der Waals surface area contributed by atoms with Gasteiger partial charge in [-0.05, 0) is 30.7 Å². The summed E-state index contributed by atoms with van der Waals surface area (Å²) in [6.07, 6.45) is 0. The van der Waals surface area contributed by atoms with E-state index in [1.165, 1.54) is 6.07 Å². The minimum absolute atomic E-state index is 0.123. The van der Waals surface area contributed by atoms with Crippen LogP contribution in [0.5, 0.6) is 5.75 Å². The quantitative estimate of drug-likeness (QED) is 0.890. The van der Waals surface area contributed by atoms with Crippen LogP contribution >= 0.6 is 0 Å². The molecule has 2 N–H and O–H groups in total. The number of hydrogen-bond donors (Lipinski definition) is 2. The highest BCUT2D eigenvalue weighted by Crippen LogP contribution is 2.15. The number of phenols is 1. The molecule has 0 saturated carbocycles. The van der Waals surface area contributed by atoms with Crippen molar-refractivity contribution in [1.82, 2.24) is 5.32 Å². The average molecular weight is 259 g/mol. The number of para-hydroxylation sites is 1. The molecule has 0 aliphatic rings. The van der Waals surface area contributed by atoms with E-state index < -0.39 is 5.82 Å². The van der Waals surface area contributed by atoms with Gasteiger partial charge in [0.05, 0.1) is 0 Å². The van der Waals surface area contributed by atoms with Gasteiger partial charge in [-0.25, -0.2) is 4.39 Å². The molecule has 0 aliphatic carbocycles. The first-order chi connectivity index (χ1) is 9.08. The number of aromatic hydroxyl groups is 1. The number of carbonyl (C=O) groups excluding carboxylic acids is 1. The lowest BCUT2D eigenvalue weighted by Crippen LogP contribution is -2.23. The van der Waals surface area contributed by atoms with Gasteiger partial charge in [0.1, 0.15) is 11.6 Å². The predicted octanol–water partition coefficient (Wildman–Crippen LogP) is 2.77. The van der Waals surface area contributed by atoms with Gasteiger partial charge in [-0.2, -0.15) is 0 Å². The molecule has 2 aromatic carbocycles. The van der Waals surface area contributed by atoms with E-state index in [4.69, 9.17) is 0 Å². The second kappa shape index (κ2) is 5.52. The number of amides is 1. The van der Waals surface area contributed by atoms with Gasteiger partial charge in [0.2, 0.25) is 0 Å². The molecule has 0 bridgehead atoms. The second-order valence-corrected chi connectivity index (χ2v) is 4.28. The summed E-state index contributed by atoms with van der Waals surface area (Å²) in [7, 11) is 0. The molecule has 2 aromatic rings. The van der Waals surface area contributed by atoms with Crippen LogP contribution < -0.4 is 5.32 Å². The van der Waals surface area contributed by atoms with Crippen LogP contribution in [0.1, 0.15) is 21.5 Å². The number of halogens is 1. The van der Waals surface area contributed by atoms with E-state index in [-0.39, 0.29) is 23.8 Å². The normalized spacial score (nSPS) is 10.2. The number of carbonyl (C=O) groups is 1. The highest BCUT2D eigenvalue weighted by Gasteiger charge is 2.08. The molecule has 0 unspecified atom stereocenters. The molecule has 1 amide bonds. The van der Waals surface area contributed by atoms with Gasteiger partial charge in [0.25, 0.3) is 5.91 Å². The predicted molar refractivity (Wildman–Crippen MR) is 70.4 cm³/mol. The van der Waals surface area contributed by atoms with Gasteiger partial charge in [-0.1, -0.05) is 24.3 Å². The first-order valence-electron chi connectivity index (χ1n) is 5.89. The molecule has 0 radical (unpaired) electrons. The monoisotopic (exact) mass is 259 g/mol. The maximum absolute atomic E-state index is 13.3. The third kappa shape index (κ3) is 3.10. The Labute approximate surface area is 110 Å². The Balaban J connectivity index is 2.05. The maximum atomic E-state index is 13.3. The van der Waals surface area contributed by atoms with Crippen molar-refractivity contribution >= 4 is 5.91 Å². The zero-order valence-corrected chi connectivity index (χ0v) is 10.5. The molecule has 2 rings (SSSR count). The van der Waals surface area contributed by atoms with E-state index in [1.807, 2.05) is 0 Å². The summed E-state index contributed by atoms with van der Waals surface area (Å²) in [4.78, 5) is 11.8. The maximum Gasteiger partial charge on any atom is 0.251 e. The SMILES string of the molecule is Cc1ccc(C(=O)NCc2ccccc2O)cc1F. The molecule has 0 spiro atoms. The van der Waals surface area contributed by atoms with Crippen molar-refractivity contribution in [3.05, 3.63) is 65.0 Å². The average Bonchev–Trinajstić information content (AvgIpc) is 2.40. The van der Waals surface area contributed by atoms with E-state index in [0.29, 0.717) is 11.1 Å². The van der Waals surface area contributed by atoms with Crippen molar-refractivity contribution in [2.24, 2.45) is 0 Å². The van der Waals surface area contributed by atoms with Gasteiger partial charge in [-0.3, -0.25) is 4.79 Å². The largest absolute Gasteiger partial charge is 0.508 e. The van der Waals surface area contributed by atoms with Crippen molar-refractivity contribution in [2.45, 2.75) is 13.5 Å². The van der Waals surface area contributed by atoms with Gasteiger partial charge in [0.15, 0.2) is 0 Å². The summed E-state index contributed by atoms with van der Waals surface area (Å²) >= 11 is 0. The van der Waals surface area contributed by atoms with Crippen molar-refractivity contribution in [3.63, 3.8) is 0 Å². The van der Waals surface area contributed by atoms with Crippen molar-refractivity contribution in [1.29, 1.82) is 0 Å². The number of nitrogens with one attached hydrogen (secondary N) is 1. The molecular formula is C15H14FNO2. The number of benzene rings is 2. The number of aryl methyl sites for hydroxylation is 1. The summed E-state index contributed by atoms with van der Waals surface area (Å²) in [5.74, 6) is -0.657. The Hall–Kier alpha value is -2.36. The Morgan fingerprint density at radius 1 is 1.26 bits per heavy atom. The van der Waals surface area contributed by atoms with E-state index >= 15 is 0 Å². The lowest BCUT2D eigenvalue weighted by Gasteiger charge is -2.07. The fourth-order valence-electron chi connectivity index (χ4n) is 1.67. The Bertz CT molecular complexity index is 611. The third-order valence-electron chi connectivity index (χ3n) is 2.87. The van der Waals surface area contributed by atoms with Crippen LogP contribution in [0.3, 0.4) is 0 Å². The van der Waals surface area contributed by atoms with Crippen molar-refractivity contribution < 1.29 is 14.3 Å². The summed E-state index contributed by atoms with van der Waals surface area (Å²) in [6, 6.07) is 11.1. The van der Waals surface area contributed by atoms with E-state index in [9.17, 15) is 14.3 Å². The van der Waals surface area contributed by atoms with Crippen molar-refractivity contribution in [3.8, 4) is 5.75 Å². The molecule has 3 nitrogen and oxygen atoms in total. The van der Waals surface area contributed by atoms with Gasteiger partial charge < -0.3 is 10.4 Å². The minimum atomic E-state index is -0.407. The lowest BCUT2D eigenvalue weighted by molar-refractivity contribution is 0.0950. The zero-order chi connectivity index (χ0) is 13.8. The first-order valence-corrected chi connectivity index (χ1v) is 5.89. The summed E-state index contributed by atoms with van der Waals surface area (Å²) in [6.45, 7) is 1.83. The molecular weight excluding hydrogens is 245 g/mol. The van der Waals surface area contributed by atoms with Crippen LogP contribution in [0, 0.1) is 12.7 Å². The summed E-state index contributed by atoms with van der Waals surface area (Å²) in [5, 5.41) is 12.2. The number of rotatable bonds is 3. The van der Waals surface area contributed by atoms with Crippen LogP contribution in [-0.2, 0) is 6.54 Å². The summed E-state index contributed by atoms with van der Waals surface area (Å²) in [5.41, 5.74) is 1.37. The number of phenolic OH excluding ortho intramolecular Hbond substituents is 1. The summed E-state index contributed by atoms with van der Waals surface area (Å²) < 4.78 is 13.3. The molecule has 19 heavy (non-hydrogen) atoms. The van der Waals surface area contributed by atoms with E-state index in [2.05, 4.69) is 5.32 Å². The van der Waals surface area contributed by atoms with Crippen LogP contribution in [0.2, 0.25) is 0 Å². The van der Waals surface area contributed by atoms with Crippen LogP contribution in [-0.4, -0.2) is 11.0 Å². The lowest BCUT2D eigenvalue weighted by atomic mass is 10.1. The van der Waals surface area contributed by atoms with Gasteiger partial charge >= 0.3 is 0 Å². The van der Waals surface area contributed by atoms with Crippen molar-refractivity contribution in [2.75, 3.05) is 0 Å². The zero-order valence-electron chi connectivity index (χ0n) is 10.5. The molecule has 0 heterocycles. The topological polar surface area (TPSA) is 49.3 Å². The molecule has 0 aliphatic heterocycles. The fraction of sp³-hybridized carbons (Fsp3) is 0.133. The molecule has 98 valence electrons. The number of hydrogen-bond acceptors (Lipinski definition) is 2. The molecule has 0 aromatic heterocycles. The Kier molecular flexibility index (Phi) is 3.80. The second-order valence-electron chi connectivity index (χ2n) is 4.28. The molecule has 0 atom stereocenters. The first kappa shape index (κ1) is 13.1.